The smallest absolute Gasteiger partial charge is 0.340 e. The van der Waals surface area contributed by atoms with Crippen molar-refractivity contribution in [3.8, 4) is 5.75 Å². The third-order valence-corrected chi connectivity index (χ3v) is 4.45. The monoisotopic (exact) mass is 309 g/mol. The molecule has 0 radical (unpaired) electrons. The first kappa shape index (κ1) is 14.1. The first-order valence-electron chi connectivity index (χ1n) is 7.86. The number of hydrogen-bond acceptors (Lipinski definition) is 3. The minimum atomic E-state index is -0.123. The largest absolute Gasteiger partial charge is 0.497 e. The highest BCUT2D eigenvalue weighted by atomic mass is 16.5. The lowest BCUT2D eigenvalue weighted by molar-refractivity contribution is 0.0727. The molecule has 4 rings (SSSR count). The van der Waals surface area contributed by atoms with Crippen LogP contribution < -0.4 is 9.64 Å². The van der Waals surface area contributed by atoms with Crippen molar-refractivity contribution >= 4 is 11.7 Å². The predicted molar refractivity (Wildman–Crippen MR) is 88.1 cm³/mol. The number of nitrogens with zero attached hydrogens (tertiary/aromatic N) is 3. The van der Waals surface area contributed by atoms with E-state index in [2.05, 4.69) is 11.1 Å². The molecule has 2 aromatic carbocycles. The van der Waals surface area contributed by atoms with Crippen molar-refractivity contribution in [3.63, 3.8) is 0 Å². The van der Waals surface area contributed by atoms with E-state index in [9.17, 15) is 4.79 Å². The van der Waals surface area contributed by atoms with E-state index in [4.69, 9.17) is 4.74 Å². The van der Waals surface area contributed by atoms with Gasteiger partial charge in [0.25, 0.3) is 0 Å². The number of fused-ring (bicyclic) bond motifs is 1. The van der Waals surface area contributed by atoms with Gasteiger partial charge in [0.15, 0.2) is 0 Å². The Morgan fingerprint density at radius 2 is 1.87 bits per heavy atom. The van der Waals surface area contributed by atoms with Crippen molar-refractivity contribution in [1.82, 2.24) is 10.0 Å². The summed E-state index contributed by atoms with van der Waals surface area (Å²) in [6.07, 6.45) is 0.886. The van der Waals surface area contributed by atoms with E-state index in [1.165, 1.54) is 0 Å². The molecule has 0 saturated carbocycles. The SMILES string of the molecule is COc1cccc([C@@H]2N(c3ccccc3)C(=O)N3CCCN23)c1. The van der Waals surface area contributed by atoms with Crippen molar-refractivity contribution in [1.29, 1.82) is 0 Å². The molecule has 23 heavy (non-hydrogen) atoms. The minimum Gasteiger partial charge on any atom is -0.497 e. The molecule has 1 atom stereocenters. The number of carbonyl (C=O) groups excluding carboxylic acids is 1. The maximum absolute atomic E-state index is 12.9. The molecular weight excluding hydrogens is 290 g/mol. The van der Waals surface area contributed by atoms with Gasteiger partial charge in [0, 0.05) is 18.8 Å². The van der Waals surface area contributed by atoms with Crippen molar-refractivity contribution in [2.45, 2.75) is 12.6 Å². The summed E-state index contributed by atoms with van der Waals surface area (Å²) in [5.41, 5.74) is 1.98. The molecule has 118 valence electrons. The number of benzene rings is 2. The van der Waals surface area contributed by atoms with Crippen LogP contribution in [0.25, 0.3) is 0 Å². The number of para-hydroxylation sites is 1. The Hall–Kier alpha value is -2.53. The molecule has 0 unspecified atom stereocenters. The van der Waals surface area contributed by atoms with Gasteiger partial charge < -0.3 is 4.74 Å². The van der Waals surface area contributed by atoms with Crippen LogP contribution in [-0.4, -0.2) is 36.2 Å². The van der Waals surface area contributed by atoms with Gasteiger partial charge in [-0.25, -0.2) is 4.79 Å². The zero-order valence-electron chi connectivity index (χ0n) is 13.1. The Morgan fingerprint density at radius 3 is 2.65 bits per heavy atom. The zero-order valence-corrected chi connectivity index (χ0v) is 13.1. The van der Waals surface area contributed by atoms with Crippen LogP contribution in [0.4, 0.5) is 10.5 Å². The van der Waals surface area contributed by atoms with Gasteiger partial charge in [0.2, 0.25) is 0 Å². The number of hydrazine groups is 1. The fourth-order valence-electron chi connectivity index (χ4n) is 3.42. The van der Waals surface area contributed by atoms with Crippen LogP contribution >= 0.6 is 0 Å². The van der Waals surface area contributed by atoms with E-state index >= 15 is 0 Å². The fraction of sp³-hybridized carbons (Fsp3) is 0.278. The summed E-state index contributed by atoms with van der Waals surface area (Å²) in [5.74, 6) is 0.806. The first-order valence-corrected chi connectivity index (χ1v) is 7.86. The van der Waals surface area contributed by atoms with E-state index in [-0.39, 0.29) is 12.2 Å². The molecule has 0 N–H and O–H groups in total. The zero-order chi connectivity index (χ0) is 15.8. The number of ether oxygens (including phenoxy) is 1. The number of amides is 2. The Kier molecular flexibility index (Phi) is 3.42. The van der Waals surface area contributed by atoms with Crippen LogP contribution in [0, 0.1) is 0 Å². The lowest BCUT2D eigenvalue weighted by Crippen LogP contribution is -2.32. The summed E-state index contributed by atoms with van der Waals surface area (Å²) in [7, 11) is 1.66. The van der Waals surface area contributed by atoms with E-state index in [1.807, 2.05) is 58.4 Å². The van der Waals surface area contributed by atoms with Crippen LogP contribution in [0.2, 0.25) is 0 Å². The Bertz CT molecular complexity index is 719. The van der Waals surface area contributed by atoms with Gasteiger partial charge in [-0.1, -0.05) is 30.3 Å². The van der Waals surface area contributed by atoms with Crippen LogP contribution in [0.3, 0.4) is 0 Å². The highest BCUT2D eigenvalue weighted by molar-refractivity contribution is 5.94. The van der Waals surface area contributed by atoms with Gasteiger partial charge in [-0.3, -0.25) is 9.91 Å². The number of rotatable bonds is 3. The summed E-state index contributed by atoms with van der Waals surface area (Å²) in [5, 5.41) is 4.02. The molecule has 0 bridgehead atoms. The average Bonchev–Trinajstić information content (AvgIpc) is 3.18. The summed E-state index contributed by atoms with van der Waals surface area (Å²) >= 11 is 0. The van der Waals surface area contributed by atoms with Gasteiger partial charge in [-0.2, -0.15) is 5.01 Å². The van der Waals surface area contributed by atoms with Crippen molar-refractivity contribution in [2.75, 3.05) is 25.1 Å². The normalized spacial score (nSPS) is 20.9. The van der Waals surface area contributed by atoms with Gasteiger partial charge >= 0.3 is 6.03 Å². The average molecular weight is 309 g/mol. The standard InChI is InChI=1S/C18H19N3O2/c1-23-16-10-5-7-14(13-16)17-19-11-6-12-20(19)18(22)21(17)15-8-3-2-4-9-15/h2-5,7-10,13,17H,6,11-12H2,1H3/t17-/m0/s1. The summed E-state index contributed by atoms with van der Waals surface area (Å²) in [6, 6.07) is 17.9. The third kappa shape index (κ3) is 2.24. The maximum Gasteiger partial charge on any atom is 0.340 e. The van der Waals surface area contributed by atoms with Crippen LogP contribution in [-0.2, 0) is 0 Å². The summed E-state index contributed by atoms with van der Waals surface area (Å²) in [4.78, 5) is 14.8. The Balaban J connectivity index is 1.80. The third-order valence-electron chi connectivity index (χ3n) is 4.45. The fourth-order valence-corrected chi connectivity index (χ4v) is 3.42. The van der Waals surface area contributed by atoms with Crippen molar-refractivity contribution in [2.24, 2.45) is 0 Å². The molecule has 0 spiro atoms. The van der Waals surface area contributed by atoms with E-state index in [0.29, 0.717) is 0 Å². The lowest BCUT2D eigenvalue weighted by atomic mass is 10.1. The highest BCUT2D eigenvalue weighted by Gasteiger charge is 2.47. The molecule has 2 heterocycles. The van der Waals surface area contributed by atoms with Crippen molar-refractivity contribution in [3.05, 3.63) is 60.2 Å². The van der Waals surface area contributed by atoms with Gasteiger partial charge in [0.1, 0.15) is 11.9 Å². The van der Waals surface area contributed by atoms with Gasteiger partial charge in [0.05, 0.1) is 7.11 Å². The Labute approximate surface area is 135 Å². The van der Waals surface area contributed by atoms with E-state index in [0.717, 1.165) is 36.5 Å². The second kappa shape index (κ2) is 5.59. The summed E-state index contributed by atoms with van der Waals surface area (Å²) < 4.78 is 5.36. The van der Waals surface area contributed by atoms with E-state index in [1.54, 1.807) is 7.11 Å². The molecule has 2 aliphatic rings. The number of anilines is 1. The topological polar surface area (TPSA) is 36.0 Å². The number of hydrogen-bond donors (Lipinski definition) is 0. The molecule has 0 aromatic heterocycles. The number of carbonyl (C=O) groups is 1. The molecule has 0 aliphatic carbocycles. The van der Waals surface area contributed by atoms with Gasteiger partial charge in [-0.15, -0.1) is 0 Å². The van der Waals surface area contributed by atoms with Crippen LogP contribution in [0.15, 0.2) is 54.6 Å². The number of methoxy groups -OCH3 is 1. The second-order valence-electron chi connectivity index (χ2n) is 5.78. The maximum atomic E-state index is 12.9. The molecule has 2 aliphatic heterocycles. The number of urea groups is 1. The minimum absolute atomic E-state index is 0.0431. The molecule has 2 fully saturated rings. The van der Waals surface area contributed by atoms with E-state index < -0.39 is 0 Å². The molecule has 5 heteroatoms. The first-order chi connectivity index (χ1) is 11.3. The quantitative estimate of drug-likeness (QED) is 0.873. The second-order valence-corrected chi connectivity index (χ2v) is 5.78. The van der Waals surface area contributed by atoms with Crippen LogP contribution in [0.5, 0.6) is 5.75 Å². The van der Waals surface area contributed by atoms with Gasteiger partial charge in [-0.05, 0) is 36.2 Å². The molecule has 2 saturated heterocycles. The molecule has 2 aromatic rings. The summed E-state index contributed by atoms with van der Waals surface area (Å²) in [6.45, 7) is 1.67. The molecule has 2 amide bonds. The predicted octanol–water partition coefficient (Wildman–Crippen LogP) is 3.26. The van der Waals surface area contributed by atoms with Crippen molar-refractivity contribution < 1.29 is 9.53 Å². The lowest BCUT2D eigenvalue weighted by Gasteiger charge is -2.28. The van der Waals surface area contributed by atoms with Crippen LogP contribution in [0.1, 0.15) is 18.2 Å². The Morgan fingerprint density at radius 1 is 1.04 bits per heavy atom. The molecule has 5 nitrogen and oxygen atoms in total. The highest BCUT2D eigenvalue weighted by Crippen LogP contribution is 2.40. The molecular formula is C18H19N3O2.